The van der Waals surface area contributed by atoms with Gasteiger partial charge in [-0.1, -0.05) is 24.3 Å². The predicted octanol–water partition coefficient (Wildman–Crippen LogP) is 1.26. The van der Waals surface area contributed by atoms with Crippen LogP contribution in [0.3, 0.4) is 0 Å². The van der Waals surface area contributed by atoms with Gasteiger partial charge < -0.3 is 32.7 Å². The Hall–Kier alpha value is -3.95. The molecule has 0 saturated carbocycles. The van der Waals surface area contributed by atoms with Crippen molar-refractivity contribution in [2.45, 2.75) is 49.3 Å². The maximum atomic E-state index is 13.2. The number of sulfonamides is 1. The normalized spacial score (nSPS) is 23.5. The molecule has 252 valence electrons. The van der Waals surface area contributed by atoms with Crippen LogP contribution < -0.4 is 37.5 Å². The predicted molar refractivity (Wildman–Crippen MR) is 184 cm³/mol. The van der Waals surface area contributed by atoms with Crippen LogP contribution in [0.15, 0.2) is 76.3 Å². The Kier molecular flexibility index (Phi) is 10.1. The largest absolute Gasteiger partial charge is 0.370 e. The van der Waals surface area contributed by atoms with Gasteiger partial charge in [0.1, 0.15) is 6.17 Å². The van der Waals surface area contributed by atoms with E-state index in [2.05, 4.69) is 30.1 Å². The van der Waals surface area contributed by atoms with Crippen molar-refractivity contribution in [2.24, 2.45) is 28.1 Å². The minimum Gasteiger partial charge on any atom is -0.370 e. The second kappa shape index (κ2) is 14.4. The van der Waals surface area contributed by atoms with Gasteiger partial charge in [0.25, 0.3) is 0 Å². The van der Waals surface area contributed by atoms with Crippen LogP contribution in [-0.4, -0.2) is 88.2 Å². The highest BCUT2D eigenvalue weighted by Crippen LogP contribution is 2.30. The zero-order valence-electron chi connectivity index (χ0n) is 26.6. The number of guanidine groups is 1. The molecular formula is C33H46N10O3S. The van der Waals surface area contributed by atoms with Gasteiger partial charge in [0.05, 0.1) is 10.6 Å². The van der Waals surface area contributed by atoms with E-state index in [1.165, 1.54) is 0 Å². The van der Waals surface area contributed by atoms with E-state index in [1.807, 2.05) is 36.5 Å². The van der Waals surface area contributed by atoms with Gasteiger partial charge in [-0.2, -0.15) is 0 Å². The summed E-state index contributed by atoms with van der Waals surface area (Å²) in [6, 6.07) is 14.6. The van der Waals surface area contributed by atoms with E-state index in [-0.39, 0.29) is 29.1 Å². The first-order chi connectivity index (χ1) is 22.7. The molecule has 2 amide bonds. The molecule has 0 aromatic heterocycles. The zero-order chi connectivity index (χ0) is 33.0. The second-order valence-electron chi connectivity index (χ2n) is 12.7. The minimum absolute atomic E-state index is 0.0388. The first kappa shape index (κ1) is 33.0. The standard InChI is InChI=1S/C33H46N10O3S/c34-13-1-15-41(16-2-14-37-32(35)36)20-23-3-7-27(8-4-23)43-21-26-19-29(38-31(26)39-33(43)44)24-5-9-28(10-6-24)47(45,46)40-30-22-42-17-11-25(30)12-18-42/h3-10,19,21,25,30-31,38,40H,1-2,11-18,20,22,34H2,(H,39,44)(H4,35,36,37). The lowest BCUT2D eigenvalue weighted by Gasteiger charge is -2.44. The summed E-state index contributed by atoms with van der Waals surface area (Å²) < 4.78 is 29.3. The van der Waals surface area contributed by atoms with Gasteiger partial charge >= 0.3 is 6.03 Å². The highest BCUT2D eigenvalue weighted by atomic mass is 32.2. The number of amides is 2. The average molecular weight is 663 g/mol. The highest BCUT2D eigenvalue weighted by Gasteiger charge is 2.37. The van der Waals surface area contributed by atoms with E-state index in [9.17, 15) is 13.2 Å². The van der Waals surface area contributed by atoms with E-state index in [1.54, 1.807) is 29.2 Å². The van der Waals surface area contributed by atoms with Crippen LogP contribution in [0.1, 0.15) is 36.8 Å². The molecular weight excluding hydrogens is 616 g/mol. The van der Waals surface area contributed by atoms with Gasteiger partial charge in [0, 0.05) is 49.7 Å². The minimum atomic E-state index is -3.62. The molecule has 14 heteroatoms. The fourth-order valence-electron chi connectivity index (χ4n) is 6.81. The van der Waals surface area contributed by atoms with E-state index in [0.29, 0.717) is 19.0 Å². The molecule has 2 aromatic rings. The summed E-state index contributed by atoms with van der Waals surface area (Å²) in [5, 5.41) is 6.38. The number of rotatable bonds is 14. The molecule has 2 unspecified atom stereocenters. The second-order valence-corrected chi connectivity index (χ2v) is 14.4. The molecule has 9 N–H and O–H groups in total. The molecule has 2 aromatic carbocycles. The average Bonchev–Trinajstić information content (AvgIpc) is 3.48. The van der Waals surface area contributed by atoms with Gasteiger partial charge in [-0.15, -0.1) is 0 Å². The maximum Gasteiger partial charge on any atom is 0.327 e. The molecule has 2 bridgehead atoms. The SMILES string of the molecule is NCCCN(CCCN=C(N)N)Cc1ccc(N2C=C3C=C(c4ccc(S(=O)(=O)NC5CN6CCC5CC6)cc4)NC3NC2=O)cc1. The van der Waals surface area contributed by atoms with Gasteiger partial charge in [0.2, 0.25) is 10.0 Å². The molecule has 5 heterocycles. The number of urea groups is 1. The Morgan fingerprint density at radius 1 is 1.00 bits per heavy atom. The molecule has 5 aliphatic heterocycles. The molecule has 3 saturated heterocycles. The Balaban J connectivity index is 1.09. The van der Waals surface area contributed by atoms with Crippen molar-refractivity contribution in [3.63, 3.8) is 0 Å². The first-order valence-corrected chi connectivity index (χ1v) is 17.9. The van der Waals surface area contributed by atoms with Crippen LogP contribution in [0.25, 0.3) is 5.70 Å². The van der Waals surface area contributed by atoms with Gasteiger partial charge in [-0.3, -0.25) is 14.8 Å². The summed E-state index contributed by atoms with van der Waals surface area (Å²) in [6.07, 6.45) is 7.27. The Bertz CT molecular complexity index is 1610. The van der Waals surface area contributed by atoms with Crippen LogP contribution in [0.5, 0.6) is 0 Å². The van der Waals surface area contributed by atoms with Crippen molar-refractivity contribution in [3.05, 3.63) is 77.5 Å². The molecule has 0 radical (unpaired) electrons. The fourth-order valence-corrected chi connectivity index (χ4v) is 8.10. The molecule has 2 atom stereocenters. The summed E-state index contributed by atoms with van der Waals surface area (Å²) in [5.74, 6) is 0.508. The van der Waals surface area contributed by atoms with E-state index < -0.39 is 10.0 Å². The van der Waals surface area contributed by atoms with Crippen LogP contribution >= 0.6 is 0 Å². The zero-order valence-corrected chi connectivity index (χ0v) is 27.5. The summed E-state index contributed by atoms with van der Waals surface area (Å²) >= 11 is 0. The van der Waals surface area contributed by atoms with E-state index in [4.69, 9.17) is 17.2 Å². The van der Waals surface area contributed by atoms with Crippen molar-refractivity contribution >= 4 is 33.4 Å². The van der Waals surface area contributed by atoms with Crippen molar-refractivity contribution in [2.75, 3.05) is 50.7 Å². The molecule has 47 heavy (non-hydrogen) atoms. The lowest BCUT2D eigenvalue weighted by atomic mass is 9.85. The Morgan fingerprint density at radius 2 is 1.72 bits per heavy atom. The van der Waals surface area contributed by atoms with Crippen LogP contribution in [0.4, 0.5) is 10.5 Å². The summed E-state index contributed by atoms with van der Waals surface area (Å²) in [5.41, 5.74) is 21.1. The quantitative estimate of drug-likeness (QED) is 0.0984. The van der Waals surface area contributed by atoms with Gasteiger partial charge in [-0.05, 0) is 99.2 Å². The number of carbonyl (C=O) groups is 1. The van der Waals surface area contributed by atoms with E-state index >= 15 is 0 Å². The number of piperidine rings is 3. The number of benzene rings is 2. The topological polar surface area (TPSA) is 187 Å². The number of nitrogens with zero attached hydrogens (tertiary/aromatic N) is 4. The number of nitrogens with one attached hydrogen (secondary N) is 3. The fraction of sp³-hybridized carbons (Fsp3) is 0.455. The Labute approximate surface area is 277 Å². The number of hydrogen-bond donors (Lipinski definition) is 6. The number of nitrogens with two attached hydrogens (primary N) is 3. The number of anilines is 1. The van der Waals surface area contributed by atoms with Crippen molar-refractivity contribution in [1.29, 1.82) is 0 Å². The maximum absolute atomic E-state index is 13.2. The molecule has 7 rings (SSSR count). The summed E-state index contributed by atoms with van der Waals surface area (Å²) in [7, 11) is -3.62. The van der Waals surface area contributed by atoms with Crippen LogP contribution in [0.2, 0.25) is 0 Å². The van der Waals surface area contributed by atoms with Gasteiger partial charge in [0.15, 0.2) is 5.96 Å². The van der Waals surface area contributed by atoms with Crippen molar-refractivity contribution < 1.29 is 13.2 Å². The molecule has 0 spiro atoms. The third kappa shape index (κ3) is 7.96. The molecule has 0 aliphatic carbocycles. The number of fused-ring (bicyclic) bond motifs is 4. The van der Waals surface area contributed by atoms with E-state index in [0.717, 1.165) is 93.0 Å². The lowest BCUT2D eigenvalue weighted by Crippen LogP contribution is -2.57. The summed E-state index contributed by atoms with van der Waals surface area (Å²) in [6.45, 7) is 6.56. The molecule has 3 fully saturated rings. The third-order valence-electron chi connectivity index (χ3n) is 9.37. The van der Waals surface area contributed by atoms with Crippen molar-refractivity contribution in [3.8, 4) is 0 Å². The van der Waals surface area contributed by atoms with Crippen molar-refractivity contribution in [1.82, 2.24) is 25.2 Å². The van der Waals surface area contributed by atoms with Crippen LogP contribution in [0, 0.1) is 5.92 Å². The Morgan fingerprint density at radius 3 is 2.38 bits per heavy atom. The smallest absolute Gasteiger partial charge is 0.327 e. The lowest BCUT2D eigenvalue weighted by molar-refractivity contribution is 0.0827. The number of carbonyl (C=O) groups excluding carboxylic acids is 1. The highest BCUT2D eigenvalue weighted by molar-refractivity contribution is 7.89. The number of aliphatic imine (C=N–C) groups is 1. The van der Waals surface area contributed by atoms with Gasteiger partial charge in [-0.25, -0.2) is 17.9 Å². The third-order valence-corrected chi connectivity index (χ3v) is 10.9. The number of hydrogen-bond acceptors (Lipinski definition) is 8. The molecule has 13 nitrogen and oxygen atoms in total. The molecule has 5 aliphatic rings. The van der Waals surface area contributed by atoms with Crippen LogP contribution in [-0.2, 0) is 16.6 Å². The summed E-state index contributed by atoms with van der Waals surface area (Å²) in [4.78, 5) is 23.7. The first-order valence-electron chi connectivity index (χ1n) is 16.4. The monoisotopic (exact) mass is 662 g/mol.